The summed E-state index contributed by atoms with van der Waals surface area (Å²) in [5.74, 6) is -1.35. The number of thiophene rings is 1. The minimum Gasteiger partial charge on any atom is -0.267 e. The van der Waals surface area contributed by atoms with E-state index in [1.165, 1.54) is 35.6 Å². The normalized spacial score (nSPS) is 16.2. The average Bonchev–Trinajstić information content (AvgIpc) is 3.12. The van der Waals surface area contributed by atoms with Gasteiger partial charge in [0.1, 0.15) is 5.82 Å². The lowest BCUT2D eigenvalue weighted by molar-refractivity contribution is -0.123. The highest BCUT2D eigenvalue weighted by molar-refractivity contribution is 8.26. The van der Waals surface area contributed by atoms with Gasteiger partial charge in [-0.3, -0.25) is 15.0 Å². The first kappa shape index (κ1) is 15.9. The van der Waals surface area contributed by atoms with Crippen molar-refractivity contribution in [2.75, 3.05) is 0 Å². The summed E-state index contributed by atoms with van der Waals surface area (Å²) in [6.45, 7) is 0. The minimum absolute atomic E-state index is 0.239. The molecule has 1 N–H and O–H groups in total. The van der Waals surface area contributed by atoms with Gasteiger partial charge in [-0.25, -0.2) is 4.39 Å². The monoisotopic (exact) mass is 364 g/mol. The minimum atomic E-state index is -0.529. The molecule has 1 aliphatic heterocycles. The van der Waals surface area contributed by atoms with E-state index in [1.54, 1.807) is 6.08 Å². The number of nitrogens with one attached hydrogen (secondary N) is 1. The molecule has 0 atom stereocenters. The lowest BCUT2D eigenvalue weighted by atomic mass is 10.2. The Morgan fingerprint density at radius 1 is 1.26 bits per heavy atom. The largest absolute Gasteiger partial charge is 0.285 e. The number of nitrogens with zero attached hydrogens (tertiary/aromatic N) is 1. The first-order valence-electron chi connectivity index (χ1n) is 6.42. The number of thioether (sulfide) groups is 1. The molecule has 1 aromatic heterocycles. The molecule has 0 unspecified atom stereocenters. The molecule has 2 amide bonds. The van der Waals surface area contributed by atoms with E-state index in [0.29, 0.717) is 4.91 Å². The van der Waals surface area contributed by atoms with E-state index in [4.69, 9.17) is 12.2 Å². The Kier molecular flexibility index (Phi) is 4.56. The van der Waals surface area contributed by atoms with Crippen molar-refractivity contribution >= 4 is 57.5 Å². The quantitative estimate of drug-likeness (QED) is 0.670. The number of halogens is 1. The maximum Gasteiger partial charge on any atom is 0.285 e. The van der Waals surface area contributed by atoms with E-state index in [-0.39, 0.29) is 15.8 Å². The fraction of sp³-hybridized carbons (Fsp3) is 0. The number of hydrogen-bond acceptors (Lipinski definition) is 5. The summed E-state index contributed by atoms with van der Waals surface area (Å²) in [6, 6.07) is 8.79. The number of benzene rings is 1. The van der Waals surface area contributed by atoms with Crippen molar-refractivity contribution in [3.8, 4) is 0 Å². The summed E-state index contributed by atoms with van der Waals surface area (Å²) in [5, 5.41) is 2.94. The highest BCUT2D eigenvalue weighted by Gasteiger charge is 2.33. The van der Waals surface area contributed by atoms with Crippen LogP contribution in [0.25, 0.3) is 6.08 Å². The van der Waals surface area contributed by atoms with Gasteiger partial charge < -0.3 is 0 Å². The van der Waals surface area contributed by atoms with Crippen LogP contribution in [0, 0.1) is 5.82 Å². The molecule has 0 saturated carbocycles. The lowest BCUT2D eigenvalue weighted by Gasteiger charge is -2.15. The smallest absolute Gasteiger partial charge is 0.267 e. The van der Waals surface area contributed by atoms with Crippen LogP contribution in [0.1, 0.15) is 15.2 Å². The molecule has 23 heavy (non-hydrogen) atoms. The third kappa shape index (κ3) is 3.49. The van der Waals surface area contributed by atoms with Crippen molar-refractivity contribution in [1.82, 2.24) is 10.4 Å². The van der Waals surface area contributed by atoms with Gasteiger partial charge in [0.05, 0.1) is 4.91 Å². The number of hydrogen-bond donors (Lipinski definition) is 1. The summed E-state index contributed by atoms with van der Waals surface area (Å²) in [4.78, 5) is 25.8. The summed E-state index contributed by atoms with van der Waals surface area (Å²) < 4.78 is 13.1. The standard InChI is InChI=1S/C15H9FN2O2S3/c16-10-5-3-9(4-6-10)13(19)17-18-14(20)12(23-15(18)21)8-11-2-1-7-22-11/h1-8H,(H,17,19)/b12-8-. The maximum absolute atomic E-state index is 12.9. The molecule has 8 heteroatoms. The predicted molar refractivity (Wildman–Crippen MR) is 93.2 cm³/mol. The van der Waals surface area contributed by atoms with Crippen LogP contribution in [0.3, 0.4) is 0 Å². The van der Waals surface area contributed by atoms with Gasteiger partial charge in [-0.2, -0.15) is 5.01 Å². The first-order valence-corrected chi connectivity index (χ1v) is 8.53. The van der Waals surface area contributed by atoms with Gasteiger partial charge in [-0.05, 0) is 54.0 Å². The molecule has 0 aliphatic carbocycles. The zero-order valence-corrected chi connectivity index (χ0v) is 13.9. The summed E-state index contributed by atoms with van der Waals surface area (Å²) in [5.41, 5.74) is 2.69. The Morgan fingerprint density at radius 3 is 2.65 bits per heavy atom. The van der Waals surface area contributed by atoms with Crippen LogP contribution in [0.2, 0.25) is 0 Å². The van der Waals surface area contributed by atoms with Gasteiger partial charge in [0, 0.05) is 10.4 Å². The third-order valence-electron chi connectivity index (χ3n) is 2.93. The van der Waals surface area contributed by atoms with E-state index < -0.39 is 11.7 Å². The Hall–Kier alpha value is -2.03. The van der Waals surface area contributed by atoms with E-state index in [2.05, 4.69) is 5.43 Å². The zero-order valence-electron chi connectivity index (χ0n) is 11.5. The van der Waals surface area contributed by atoms with Crippen LogP contribution in [0.15, 0.2) is 46.7 Å². The number of carbonyl (C=O) groups excluding carboxylic acids is 2. The average molecular weight is 364 g/mol. The molecule has 3 rings (SSSR count). The molecular formula is C15H9FN2O2S3. The molecule has 1 saturated heterocycles. The molecule has 0 spiro atoms. The second kappa shape index (κ2) is 6.61. The Morgan fingerprint density at radius 2 is 2.00 bits per heavy atom. The van der Waals surface area contributed by atoms with E-state index >= 15 is 0 Å². The number of carbonyl (C=O) groups is 2. The van der Waals surface area contributed by atoms with Gasteiger partial charge >= 0.3 is 0 Å². The molecule has 2 heterocycles. The highest BCUT2D eigenvalue weighted by Crippen LogP contribution is 2.32. The molecule has 1 aromatic carbocycles. The molecular weight excluding hydrogens is 355 g/mol. The van der Waals surface area contributed by atoms with E-state index in [0.717, 1.165) is 21.6 Å². The van der Waals surface area contributed by atoms with Crippen LogP contribution in [-0.4, -0.2) is 21.1 Å². The van der Waals surface area contributed by atoms with Crippen molar-refractivity contribution in [3.05, 3.63) is 62.9 Å². The zero-order chi connectivity index (χ0) is 16.4. The second-order valence-electron chi connectivity index (χ2n) is 4.48. The van der Waals surface area contributed by atoms with E-state index in [9.17, 15) is 14.0 Å². The predicted octanol–water partition coefficient (Wildman–Crippen LogP) is 3.43. The molecule has 0 bridgehead atoms. The summed E-state index contributed by atoms with van der Waals surface area (Å²) in [6.07, 6.45) is 1.73. The fourth-order valence-corrected chi connectivity index (χ4v) is 3.74. The van der Waals surface area contributed by atoms with Crippen molar-refractivity contribution in [3.63, 3.8) is 0 Å². The van der Waals surface area contributed by atoms with Crippen LogP contribution < -0.4 is 5.43 Å². The number of hydrazine groups is 1. The van der Waals surface area contributed by atoms with Gasteiger partial charge in [-0.1, -0.05) is 17.8 Å². The second-order valence-corrected chi connectivity index (χ2v) is 7.14. The van der Waals surface area contributed by atoms with Crippen LogP contribution in [0.5, 0.6) is 0 Å². The Balaban J connectivity index is 1.75. The summed E-state index contributed by atoms with van der Waals surface area (Å²) >= 11 is 7.76. The SMILES string of the molecule is O=C(NN1C(=O)/C(=C/c2cccs2)SC1=S)c1ccc(F)cc1. The molecule has 1 aliphatic rings. The molecule has 1 fully saturated rings. The van der Waals surface area contributed by atoms with Crippen molar-refractivity contribution in [2.45, 2.75) is 0 Å². The molecule has 0 radical (unpaired) electrons. The Bertz CT molecular complexity index is 801. The number of rotatable bonds is 3. The maximum atomic E-state index is 12.9. The van der Waals surface area contributed by atoms with Gasteiger partial charge in [-0.15, -0.1) is 11.3 Å². The van der Waals surface area contributed by atoms with Gasteiger partial charge in [0.15, 0.2) is 4.32 Å². The number of amides is 2. The molecule has 4 nitrogen and oxygen atoms in total. The van der Waals surface area contributed by atoms with Crippen molar-refractivity contribution in [1.29, 1.82) is 0 Å². The topological polar surface area (TPSA) is 49.4 Å². The van der Waals surface area contributed by atoms with Crippen LogP contribution >= 0.6 is 35.3 Å². The summed E-state index contributed by atoms with van der Waals surface area (Å²) in [7, 11) is 0. The highest BCUT2D eigenvalue weighted by atomic mass is 32.2. The lowest BCUT2D eigenvalue weighted by Crippen LogP contribution is -2.44. The first-order chi connectivity index (χ1) is 11.0. The van der Waals surface area contributed by atoms with Crippen molar-refractivity contribution in [2.24, 2.45) is 0 Å². The van der Waals surface area contributed by atoms with Gasteiger partial charge in [0.25, 0.3) is 11.8 Å². The fourth-order valence-electron chi connectivity index (χ4n) is 1.83. The molecule has 2 aromatic rings. The Labute approximate surface area is 145 Å². The van der Waals surface area contributed by atoms with Crippen molar-refractivity contribution < 1.29 is 14.0 Å². The third-order valence-corrected chi connectivity index (χ3v) is 5.05. The van der Waals surface area contributed by atoms with Crippen LogP contribution in [-0.2, 0) is 4.79 Å². The molecule has 116 valence electrons. The van der Waals surface area contributed by atoms with Gasteiger partial charge in [0.2, 0.25) is 0 Å². The van der Waals surface area contributed by atoms with E-state index in [1.807, 2.05) is 17.5 Å². The van der Waals surface area contributed by atoms with Crippen LogP contribution in [0.4, 0.5) is 4.39 Å². The number of thiocarbonyl (C=S) groups is 1.